The van der Waals surface area contributed by atoms with Crippen molar-refractivity contribution in [2.45, 2.75) is 32.1 Å². The van der Waals surface area contributed by atoms with Crippen molar-refractivity contribution in [1.29, 1.82) is 0 Å². The van der Waals surface area contributed by atoms with E-state index < -0.39 is 0 Å². The molecule has 1 aromatic carbocycles. The molecule has 0 aromatic heterocycles. The lowest BCUT2D eigenvalue weighted by atomic mass is 10.0. The first kappa shape index (κ1) is 14.6. The smallest absolute Gasteiger partial charge is 0.0988 e. The SMILES string of the molecule is CC1(C)CN(c2ccc(CN)cc2Cl)CC(CO)O1. The number of nitrogens with two attached hydrogens (primary N) is 1. The van der Waals surface area contributed by atoms with E-state index in [4.69, 9.17) is 22.1 Å². The molecule has 3 N–H and O–H groups in total. The summed E-state index contributed by atoms with van der Waals surface area (Å²) in [5.41, 5.74) is 7.28. The number of aliphatic hydroxyl groups excluding tert-OH is 1. The van der Waals surface area contributed by atoms with E-state index in [2.05, 4.69) is 4.90 Å². The average Bonchev–Trinajstić information content (AvgIpc) is 2.36. The van der Waals surface area contributed by atoms with Gasteiger partial charge in [-0.25, -0.2) is 0 Å². The molecule has 0 bridgehead atoms. The molecule has 1 heterocycles. The van der Waals surface area contributed by atoms with Gasteiger partial charge in [-0.3, -0.25) is 0 Å². The Kier molecular flexibility index (Phi) is 4.36. The first-order valence-corrected chi connectivity index (χ1v) is 6.85. The molecule has 19 heavy (non-hydrogen) atoms. The Bertz CT molecular complexity index is 451. The van der Waals surface area contributed by atoms with Crippen LogP contribution in [0.2, 0.25) is 5.02 Å². The molecule has 0 amide bonds. The summed E-state index contributed by atoms with van der Waals surface area (Å²) in [5, 5.41) is 10.0. The topological polar surface area (TPSA) is 58.7 Å². The Morgan fingerprint density at radius 2 is 2.26 bits per heavy atom. The fourth-order valence-electron chi connectivity index (χ4n) is 2.51. The highest BCUT2D eigenvalue weighted by Gasteiger charge is 2.33. The molecule has 1 aromatic rings. The molecule has 1 atom stereocenters. The molecule has 2 rings (SSSR count). The van der Waals surface area contributed by atoms with E-state index in [1.165, 1.54) is 0 Å². The molecule has 0 spiro atoms. The summed E-state index contributed by atoms with van der Waals surface area (Å²) in [6, 6.07) is 5.87. The third-order valence-electron chi connectivity index (χ3n) is 3.27. The lowest BCUT2D eigenvalue weighted by Crippen LogP contribution is -2.54. The van der Waals surface area contributed by atoms with E-state index in [1.54, 1.807) is 0 Å². The summed E-state index contributed by atoms with van der Waals surface area (Å²) >= 11 is 6.32. The van der Waals surface area contributed by atoms with Crippen molar-refractivity contribution in [3.8, 4) is 0 Å². The van der Waals surface area contributed by atoms with Gasteiger partial charge in [0.2, 0.25) is 0 Å². The molecule has 1 aliphatic rings. The second kappa shape index (κ2) is 5.67. The number of hydrogen-bond donors (Lipinski definition) is 2. The minimum Gasteiger partial charge on any atom is -0.394 e. The zero-order chi connectivity index (χ0) is 14.0. The van der Waals surface area contributed by atoms with Crippen LogP contribution < -0.4 is 10.6 Å². The monoisotopic (exact) mass is 284 g/mol. The number of anilines is 1. The van der Waals surface area contributed by atoms with E-state index in [1.807, 2.05) is 32.0 Å². The summed E-state index contributed by atoms with van der Waals surface area (Å²) in [4.78, 5) is 2.16. The van der Waals surface area contributed by atoms with Crippen LogP contribution >= 0.6 is 11.6 Å². The van der Waals surface area contributed by atoms with Crippen molar-refractivity contribution >= 4 is 17.3 Å². The minimum absolute atomic E-state index is 0.0123. The first-order chi connectivity index (χ1) is 8.95. The second-order valence-electron chi connectivity index (χ2n) is 5.55. The highest BCUT2D eigenvalue weighted by molar-refractivity contribution is 6.33. The number of nitrogens with zero attached hydrogens (tertiary/aromatic N) is 1. The van der Waals surface area contributed by atoms with Gasteiger partial charge < -0.3 is 20.5 Å². The molecule has 5 heteroatoms. The van der Waals surface area contributed by atoms with E-state index in [9.17, 15) is 5.11 Å². The van der Waals surface area contributed by atoms with Crippen molar-refractivity contribution < 1.29 is 9.84 Å². The second-order valence-corrected chi connectivity index (χ2v) is 5.96. The maximum atomic E-state index is 9.34. The highest BCUT2D eigenvalue weighted by Crippen LogP contribution is 2.31. The van der Waals surface area contributed by atoms with Crippen LogP contribution in [0, 0.1) is 0 Å². The Morgan fingerprint density at radius 3 is 2.84 bits per heavy atom. The van der Waals surface area contributed by atoms with Crippen molar-refractivity contribution in [2.75, 3.05) is 24.6 Å². The Labute approximate surface area is 119 Å². The van der Waals surface area contributed by atoms with Crippen LogP contribution in [-0.4, -0.2) is 36.5 Å². The predicted octanol–water partition coefficient (Wildman–Crippen LogP) is 1.77. The first-order valence-electron chi connectivity index (χ1n) is 6.47. The van der Waals surface area contributed by atoms with Gasteiger partial charge in [-0.05, 0) is 31.5 Å². The molecule has 0 saturated carbocycles. The van der Waals surface area contributed by atoms with Crippen molar-refractivity contribution in [1.82, 2.24) is 0 Å². The third kappa shape index (κ3) is 3.39. The molecule has 1 saturated heterocycles. The summed E-state index contributed by atoms with van der Waals surface area (Å²) in [7, 11) is 0. The average molecular weight is 285 g/mol. The van der Waals surface area contributed by atoms with Crippen LogP contribution in [0.4, 0.5) is 5.69 Å². The number of halogens is 1. The predicted molar refractivity (Wildman–Crippen MR) is 77.6 cm³/mol. The summed E-state index contributed by atoms with van der Waals surface area (Å²) in [6.45, 7) is 5.91. The van der Waals surface area contributed by atoms with Crippen molar-refractivity contribution in [2.24, 2.45) is 5.73 Å². The summed E-state index contributed by atoms with van der Waals surface area (Å²) < 4.78 is 5.80. The fourth-order valence-corrected chi connectivity index (χ4v) is 2.83. The van der Waals surface area contributed by atoms with E-state index in [0.29, 0.717) is 18.1 Å². The molecule has 106 valence electrons. The number of aliphatic hydroxyl groups is 1. The number of ether oxygens (including phenoxy) is 1. The number of benzene rings is 1. The molecule has 1 unspecified atom stereocenters. The van der Waals surface area contributed by atoms with Gasteiger partial charge in [-0.15, -0.1) is 0 Å². The van der Waals surface area contributed by atoms with Gasteiger partial charge in [0.15, 0.2) is 0 Å². The van der Waals surface area contributed by atoms with Gasteiger partial charge in [0.05, 0.1) is 29.0 Å². The molecular weight excluding hydrogens is 264 g/mol. The lowest BCUT2D eigenvalue weighted by Gasteiger charge is -2.43. The van der Waals surface area contributed by atoms with Crippen LogP contribution in [0.15, 0.2) is 18.2 Å². The number of hydrogen-bond acceptors (Lipinski definition) is 4. The highest BCUT2D eigenvalue weighted by atomic mass is 35.5. The van der Waals surface area contributed by atoms with Gasteiger partial charge >= 0.3 is 0 Å². The van der Waals surface area contributed by atoms with Crippen molar-refractivity contribution in [3.05, 3.63) is 28.8 Å². The zero-order valence-electron chi connectivity index (χ0n) is 11.4. The molecule has 1 aliphatic heterocycles. The molecular formula is C14H21ClN2O2. The summed E-state index contributed by atoms with van der Waals surface area (Å²) in [6.07, 6.45) is -0.186. The normalized spacial score (nSPS) is 22.6. The molecule has 1 fully saturated rings. The number of morpholine rings is 1. The lowest BCUT2D eigenvalue weighted by molar-refractivity contribution is -0.101. The van der Waals surface area contributed by atoms with Gasteiger partial charge in [0.1, 0.15) is 0 Å². The zero-order valence-corrected chi connectivity index (χ0v) is 12.2. The molecule has 0 radical (unpaired) electrons. The van der Waals surface area contributed by atoms with E-state index in [-0.39, 0.29) is 18.3 Å². The van der Waals surface area contributed by atoms with Crippen molar-refractivity contribution in [3.63, 3.8) is 0 Å². The fraction of sp³-hybridized carbons (Fsp3) is 0.571. The quantitative estimate of drug-likeness (QED) is 0.888. The van der Waals surface area contributed by atoms with E-state index in [0.717, 1.165) is 17.8 Å². The standard InChI is InChI=1S/C14H21ClN2O2/c1-14(2)9-17(7-11(8-18)19-14)13-4-3-10(6-16)5-12(13)15/h3-5,11,18H,6-9,16H2,1-2H3. The third-order valence-corrected chi connectivity index (χ3v) is 3.58. The van der Waals surface area contributed by atoms with Crippen LogP contribution in [0.25, 0.3) is 0 Å². The summed E-state index contributed by atoms with van der Waals surface area (Å²) in [5.74, 6) is 0. The minimum atomic E-state index is -0.304. The Hall–Kier alpha value is -0.810. The maximum Gasteiger partial charge on any atom is 0.0988 e. The van der Waals surface area contributed by atoms with Crippen LogP contribution in [0.3, 0.4) is 0 Å². The van der Waals surface area contributed by atoms with E-state index >= 15 is 0 Å². The van der Waals surface area contributed by atoms with Gasteiger partial charge in [-0.1, -0.05) is 17.7 Å². The van der Waals surface area contributed by atoms with Gasteiger partial charge in [0.25, 0.3) is 0 Å². The van der Waals surface area contributed by atoms with Crippen LogP contribution in [0.5, 0.6) is 0 Å². The maximum absolute atomic E-state index is 9.34. The van der Waals surface area contributed by atoms with Crippen LogP contribution in [0.1, 0.15) is 19.4 Å². The van der Waals surface area contributed by atoms with Gasteiger partial charge in [0, 0.05) is 19.6 Å². The number of rotatable bonds is 3. The Balaban J connectivity index is 2.25. The molecule has 4 nitrogen and oxygen atoms in total. The largest absolute Gasteiger partial charge is 0.394 e. The molecule has 0 aliphatic carbocycles. The Morgan fingerprint density at radius 1 is 1.53 bits per heavy atom. The van der Waals surface area contributed by atoms with Crippen LogP contribution in [-0.2, 0) is 11.3 Å². The van der Waals surface area contributed by atoms with Gasteiger partial charge in [-0.2, -0.15) is 0 Å².